The topological polar surface area (TPSA) is 29.3 Å². The van der Waals surface area contributed by atoms with E-state index < -0.39 is 0 Å². The van der Waals surface area contributed by atoms with E-state index in [2.05, 4.69) is 42.2 Å². The van der Waals surface area contributed by atoms with Gasteiger partial charge < -0.3 is 5.73 Å². The molecule has 0 heterocycles. The Hall–Kier alpha value is -0.860. The second kappa shape index (κ2) is 7.66. The van der Waals surface area contributed by atoms with Gasteiger partial charge in [-0.3, -0.25) is 4.90 Å². The quantitative estimate of drug-likeness (QED) is 0.849. The lowest BCUT2D eigenvalue weighted by atomic mass is 9.83. The summed E-state index contributed by atoms with van der Waals surface area (Å²) >= 11 is 0. The van der Waals surface area contributed by atoms with Gasteiger partial charge in [-0.1, -0.05) is 56.5 Å². The average Bonchev–Trinajstić information content (AvgIpc) is 2.49. The van der Waals surface area contributed by atoms with Gasteiger partial charge in [0.15, 0.2) is 0 Å². The summed E-state index contributed by atoms with van der Waals surface area (Å²) in [6.45, 7) is 5.18. The lowest BCUT2D eigenvalue weighted by Crippen LogP contribution is -2.45. The van der Waals surface area contributed by atoms with Crippen molar-refractivity contribution in [1.82, 2.24) is 4.90 Å². The van der Waals surface area contributed by atoms with Crippen molar-refractivity contribution in [2.75, 3.05) is 13.1 Å². The predicted molar refractivity (Wildman–Crippen MR) is 81.9 cm³/mol. The lowest BCUT2D eigenvalue weighted by molar-refractivity contribution is 0.120. The molecule has 1 saturated carbocycles. The van der Waals surface area contributed by atoms with E-state index in [9.17, 15) is 0 Å². The number of rotatable bonds is 6. The van der Waals surface area contributed by atoms with E-state index in [-0.39, 0.29) is 0 Å². The van der Waals surface area contributed by atoms with Gasteiger partial charge in [-0.15, -0.1) is 0 Å². The van der Waals surface area contributed by atoms with Gasteiger partial charge in [0.05, 0.1) is 0 Å². The van der Waals surface area contributed by atoms with E-state index in [1.54, 1.807) is 0 Å². The molecule has 106 valence electrons. The van der Waals surface area contributed by atoms with Crippen LogP contribution in [-0.4, -0.2) is 24.0 Å². The Balaban J connectivity index is 2.01. The molecule has 2 heteroatoms. The molecule has 2 rings (SSSR count). The molecule has 0 amide bonds. The van der Waals surface area contributed by atoms with Gasteiger partial charge in [0.25, 0.3) is 0 Å². The normalized spacial score (nSPS) is 18.7. The van der Waals surface area contributed by atoms with Crippen LogP contribution in [0.25, 0.3) is 0 Å². The van der Waals surface area contributed by atoms with E-state index in [1.807, 2.05) is 0 Å². The molecule has 1 aliphatic carbocycles. The molecule has 0 bridgehead atoms. The molecular formula is C17H28N2. The van der Waals surface area contributed by atoms with Gasteiger partial charge in [0.2, 0.25) is 0 Å². The molecule has 1 fully saturated rings. The standard InChI is InChI=1S/C17H28N2/c1-2-19(14-15-9-5-3-6-10-15)17(13-18)16-11-7-4-8-12-16/h3,5-6,9-10,16-17H,2,4,7-8,11-14,18H2,1H3. The fourth-order valence-corrected chi connectivity index (χ4v) is 3.44. The summed E-state index contributed by atoms with van der Waals surface area (Å²) in [4.78, 5) is 2.57. The first kappa shape index (κ1) is 14.5. The Bertz CT molecular complexity index is 344. The van der Waals surface area contributed by atoms with Crippen LogP contribution in [0.1, 0.15) is 44.6 Å². The Morgan fingerprint density at radius 1 is 1.16 bits per heavy atom. The first-order chi connectivity index (χ1) is 9.35. The summed E-state index contributed by atoms with van der Waals surface area (Å²) in [6, 6.07) is 11.3. The first-order valence-corrected chi connectivity index (χ1v) is 7.83. The van der Waals surface area contributed by atoms with Crippen LogP contribution in [0.15, 0.2) is 30.3 Å². The highest BCUT2D eigenvalue weighted by molar-refractivity contribution is 5.14. The van der Waals surface area contributed by atoms with E-state index in [0.717, 1.165) is 25.6 Å². The SMILES string of the molecule is CCN(Cc1ccccc1)C(CN)C1CCCCC1. The Labute approximate surface area is 118 Å². The molecule has 1 aliphatic rings. The number of hydrogen-bond acceptors (Lipinski definition) is 2. The highest BCUT2D eigenvalue weighted by atomic mass is 15.2. The Morgan fingerprint density at radius 3 is 2.42 bits per heavy atom. The lowest BCUT2D eigenvalue weighted by Gasteiger charge is -2.37. The van der Waals surface area contributed by atoms with Crippen molar-refractivity contribution < 1.29 is 0 Å². The van der Waals surface area contributed by atoms with E-state index >= 15 is 0 Å². The summed E-state index contributed by atoms with van der Waals surface area (Å²) in [7, 11) is 0. The second-order valence-corrected chi connectivity index (χ2v) is 5.75. The summed E-state index contributed by atoms with van der Waals surface area (Å²) < 4.78 is 0. The summed E-state index contributed by atoms with van der Waals surface area (Å²) in [5.41, 5.74) is 7.49. The van der Waals surface area contributed by atoms with Crippen molar-refractivity contribution in [2.45, 2.75) is 51.6 Å². The number of hydrogen-bond donors (Lipinski definition) is 1. The van der Waals surface area contributed by atoms with Gasteiger partial charge >= 0.3 is 0 Å². The van der Waals surface area contributed by atoms with Crippen LogP contribution in [0.2, 0.25) is 0 Å². The third kappa shape index (κ3) is 4.05. The van der Waals surface area contributed by atoms with Gasteiger partial charge in [-0.05, 0) is 30.9 Å². The number of likely N-dealkylation sites (N-methyl/N-ethyl adjacent to an activating group) is 1. The minimum Gasteiger partial charge on any atom is -0.329 e. The minimum atomic E-state index is 0.561. The zero-order valence-corrected chi connectivity index (χ0v) is 12.2. The number of benzene rings is 1. The fourth-order valence-electron chi connectivity index (χ4n) is 3.44. The summed E-state index contributed by atoms with van der Waals surface area (Å²) in [5, 5.41) is 0. The van der Waals surface area contributed by atoms with Crippen molar-refractivity contribution in [3.8, 4) is 0 Å². The largest absolute Gasteiger partial charge is 0.329 e. The maximum atomic E-state index is 6.09. The molecule has 0 aliphatic heterocycles. The van der Waals surface area contributed by atoms with Gasteiger partial charge in [-0.2, -0.15) is 0 Å². The molecule has 0 radical (unpaired) electrons. The van der Waals surface area contributed by atoms with Gasteiger partial charge in [0.1, 0.15) is 0 Å². The molecule has 0 aromatic heterocycles. The predicted octanol–water partition coefficient (Wildman–Crippen LogP) is 3.42. The van der Waals surface area contributed by atoms with Crippen LogP contribution in [0.4, 0.5) is 0 Å². The highest BCUT2D eigenvalue weighted by Crippen LogP contribution is 2.29. The third-order valence-electron chi connectivity index (χ3n) is 4.54. The molecule has 1 unspecified atom stereocenters. The van der Waals surface area contributed by atoms with Crippen molar-refractivity contribution in [3.05, 3.63) is 35.9 Å². The molecular weight excluding hydrogens is 232 g/mol. The molecule has 1 aromatic carbocycles. The molecule has 0 spiro atoms. The van der Waals surface area contributed by atoms with Crippen molar-refractivity contribution in [1.29, 1.82) is 0 Å². The molecule has 1 aromatic rings. The average molecular weight is 260 g/mol. The number of nitrogens with zero attached hydrogens (tertiary/aromatic N) is 1. The van der Waals surface area contributed by atoms with Gasteiger partial charge in [-0.25, -0.2) is 0 Å². The van der Waals surface area contributed by atoms with Crippen LogP contribution in [0, 0.1) is 5.92 Å². The van der Waals surface area contributed by atoms with Crippen LogP contribution in [-0.2, 0) is 6.54 Å². The maximum absolute atomic E-state index is 6.09. The highest BCUT2D eigenvalue weighted by Gasteiger charge is 2.26. The number of nitrogens with two attached hydrogens (primary N) is 1. The molecule has 2 nitrogen and oxygen atoms in total. The van der Waals surface area contributed by atoms with Crippen LogP contribution in [0.5, 0.6) is 0 Å². The first-order valence-electron chi connectivity index (χ1n) is 7.83. The monoisotopic (exact) mass is 260 g/mol. The smallest absolute Gasteiger partial charge is 0.0250 e. The fraction of sp³-hybridized carbons (Fsp3) is 0.647. The molecule has 19 heavy (non-hydrogen) atoms. The van der Waals surface area contributed by atoms with Crippen molar-refractivity contribution >= 4 is 0 Å². The van der Waals surface area contributed by atoms with E-state index in [4.69, 9.17) is 5.73 Å². The van der Waals surface area contributed by atoms with Crippen molar-refractivity contribution in [3.63, 3.8) is 0 Å². The van der Waals surface area contributed by atoms with Crippen LogP contribution in [0.3, 0.4) is 0 Å². The Kier molecular flexibility index (Phi) is 5.87. The zero-order chi connectivity index (χ0) is 13.5. The maximum Gasteiger partial charge on any atom is 0.0250 e. The molecule has 2 N–H and O–H groups in total. The van der Waals surface area contributed by atoms with E-state index in [1.165, 1.54) is 37.7 Å². The molecule has 0 saturated heterocycles. The Morgan fingerprint density at radius 2 is 1.84 bits per heavy atom. The van der Waals surface area contributed by atoms with Crippen LogP contribution < -0.4 is 5.73 Å². The second-order valence-electron chi connectivity index (χ2n) is 5.75. The third-order valence-corrected chi connectivity index (χ3v) is 4.54. The van der Waals surface area contributed by atoms with Crippen molar-refractivity contribution in [2.24, 2.45) is 11.7 Å². The molecule has 1 atom stereocenters. The zero-order valence-electron chi connectivity index (χ0n) is 12.2. The summed E-state index contributed by atoms with van der Waals surface area (Å²) in [6.07, 6.45) is 6.94. The minimum absolute atomic E-state index is 0.561. The summed E-state index contributed by atoms with van der Waals surface area (Å²) in [5.74, 6) is 0.808. The van der Waals surface area contributed by atoms with Gasteiger partial charge in [0, 0.05) is 19.1 Å². The van der Waals surface area contributed by atoms with E-state index in [0.29, 0.717) is 6.04 Å². The van der Waals surface area contributed by atoms with Crippen LogP contribution >= 0.6 is 0 Å².